The number of nitrogens with two attached hydrogens (primary N) is 1. The van der Waals surface area contributed by atoms with E-state index < -0.39 is 5.97 Å². The van der Waals surface area contributed by atoms with Gasteiger partial charge in [0, 0.05) is 0 Å². The van der Waals surface area contributed by atoms with E-state index >= 15 is 0 Å². The van der Waals surface area contributed by atoms with Gasteiger partial charge < -0.3 is 15.5 Å². The van der Waals surface area contributed by atoms with Crippen LogP contribution in [0.15, 0.2) is 28.0 Å². The number of aryl methyl sites for hydroxylation is 3. The van der Waals surface area contributed by atoms with Gasteiger partial charge in [-0.05, 0) is 49.6 Å². The lowest BCUT2D eigenvalue weighted by Gasteiger charge is -2.03. The number of thioether (sulfide) groups is 1. The Bertz CT molecular complexity index is 1130. The van der Waals surface area contributed by atoms with Gasteiger partial charge in [-0.15, -0.1) is 11.3 Å². The molecule has 146 valence electrons. The van der Waals surface area contributed by atoms with E-state index in [1.165, 1.54) is 18.9 Å². The Kier molecular flexibility index (Phi) is 5.85. The second-order valence-electron chi connectivity index (χ2n) is 6.33. The summed E-state index contributed by atoms with van der Waals surface area (Å²) in [4.78, 5) is 36.8. The third-order valence-electron chi connectivity index (χ3n) is 4.02. The van der Waals surface area contributed by atoms with Crippen molar-refractivity contribution in [2.24, 2.45) is 10.7 Å². The normalized spacial score (nSPS) is 11.8. The molecular formula is C19H20N4O3S2. The van der Waals surface area contributed by atoms with Crippen LogP contribution in [0.25, 0.3) is 10.2 Å². The minimum Gasteiger partial charge on any atom is -0.465 e. The summed E-state index contributed by atoms with van der Waals surface area (Å²) in [5, 5.41) is 0.793. The summed E-state index contributed by atoms with van der Waals surface area (Å²) in [5.41, 5.74) is 9.34. The average Bonchev–Trinajstić information content (AvgIpc) is 2.95. The van der Waals surface area contributed by atoms with Gasteiger partial charge in [-0.2, -0.15) is 0 Å². The van der Waals surface area contributed by atoms with Gasteiger partial charge in [0.2, 0.25) is 0 Å². The van der Waals surface area contributed by atoms with Gasteiger partial charge >= 0.3 is 5.97 Å². The number of aromatic amines is 1. The molecule has 0 saturated carbocycles. The van der Waals surface area contributed by atoms with Crippen molar-refractivity contribution in [2.75, 3.05) is 7.11 Å². The summed E-state index contributed by atoms with van der Waals surface area (Å²) >= 11 is 2.43. The molecular weight excluding hydrogens is 396 g/mol. The summed E-state index contributed by atoms with van der Waals surface area (Å²) in [6.45, 7) is 5.72. The Morgan fingerprint density at radius 3 is 2.61 bits per heavy atom. The highest BCUT2D eigenvalue weighted by atomic mass is 32.2. The Morgan fingerprint density at radius 1 is 1.29 bits per heavy atom. The molecule has 0 bridgehead atoms. The summed E-state index contributed by atoms with van der Waals surface area (Å²) in [6, 6.07) is 5.97. The molecule has 0 saturated heterocycles. The van der Waals surface area contributed by atoms with Crippen molar-refractivity contribution < 1.29 is 9.53 Å². The summed E-state index contributed by atoms with van der Waals surface area (Å²) in [7, 11) is 1.31. The standard InChI is InChI=1S/C19H20N4O3S2/c1-9-5-10(2)7-12(6-9)21-19(20)27-8-13-22-16(24)14-11(3)15(18(25)26-4)28-17(14)23-13/h5-7H,8H2,1-4H3,(H2,20,21)(H,22,23,24). The highest BCUT2D eigenvalue weighted by Crippen LogP contribution is 2.28. The quantitative estimate of drug-likeness (QED) is 0.382. The van der Waals surface area contributed by atoms with Crippen LogP contribution >= 0.6 is 23.1 Å². The van der Waals surface area contributed by atoms with Crippen molar-refractivity contribution in [2.45, 2.75) is 26.5 Å². The fraction of sp³-hybridized carbons (Fsp3) is 0.263. The number of hydrogen-bond acceptors (Lipinski definition) is 7. The van der Waals surface area contributed by atoms with E-state index in [1.54, 1.807) is 6.92 Å². The molecule has 0 aliphatic rings. The van der Waals surface area contributed by atoms with Crippen LogP contribution in [0.5, 0.6) is 0 Å². The maximum Gasteiger partial charge on any atom is 0.348 e. The van der Waals surface area contributed by atoms with Crippen molar-refractivity contribution in [3.63, 3.8) is 0 Å². The second-order valence-corrected chi connectivity index (χ2v) is 8.32. The molecule has 0 unspecified atom stereocenters. The number of aliphatic imine (C=N–C) groups is 1. The molecule has 0 aliphatic heterocycles. The molecule has 0 aliphatic carbocycles. The average molecular weight is 417 g/mol. The van der Waals surface area contributed by atoms with Gasteiger partial charge in [0.1, 0.15) is 15.5 Å². The van der Waals surface area contributed by atoms with Crippen LogP contribution in [0.4, 0.5) is 5.69 Å². The molecule has 0 atom stereocenters. The lowest BCUT2D eigenvalue weighted by atomic mass is 10.1. The zero-order valence-electron chi connectivity index (χ0n) is 16.0. The molecule has 3 aromatic rings. The van der Waals surface area contributed by atoms with Crippen molar-refractivity contribution in [3.05, 3.63) is 55.9 Å². The molecule has 7 nitrogen and oxygen atoms in total. The van der Waals surface area contributed by atoms with Gasteiger partial charge in [0.25, 0.3) is 5.56 Å². The molecule has 0 spiro atoms. The number of ether oxygens (including phenoxy) is 1. The number of hydrogen-bond donors (Lipinski definition) is 2. The highest BCUT2D eigenvalue weighted by molar-refractivity contribution is 8.13. The number of fused-ring (bicyclic) bond motifs is 1. The summed E-state index contributed by atoms with van der Waals surface area (Å²) in [6.07, 6.45) is 0. The Morgan fingerprint density at radius 2 is 1.96 bits per heavy atom. The van der Waals surface area contributed by atoms with Crippen LogP contribution in [-0.4, -0.2) is 28.2 Å². The van der Waals surface area contributed by atoms with E-state index in [9.17, 15) is 9.59 Å². The predicted molar refractivity (Wildman–Crippen MR) is 115 cm³/mol. The fourth-order valence-electron chi connectivity index (χ4n) is 2.86. The van der Waals surface area contributed by atoms with E-state index in [0.717, 1.165) is 28.2 Å². The van der Waals surface area contributed by atoms with Gasteiger partial charge in [-0.3, -0.25) is 4.79 Å². The highest BCUT2D eigenvalue weighted by Gasteiger charge is 2.19. The number of carbonyl (C=O) groups is 1. The monoisotopic (exact) mass is 416 g/mol. The van der Waals surface area contributed by atoms with E-state index in [4.69, 9.17) is 10.5 Å². The van der Waals surface area contributed by atoms with Gasteiger partial charge in [0.05, 0.1) is 23.9 Å². The first kappa shape index (κ1) is 20.1. The molecule has 0 amide bonds. The number of carbonyl (C=O) groups excluding carboxylic acids is 1. The van der Waals surface area contributed by atoms with Gasteiger partial charge in [-0.25, -0.2) is 14.8 Å². The van der Waals surface area contributed by atoms with Crippen molar-refractivity contribution in [1.82, 2.24) is 9.97 Å². The summed E-state index contributed by atoms with van der Waals surface area (Å²) in [5.74, 6) is 0.356. The molecule has 2 aromatic heterocycles. The first-order valence-electron chi connectivity index (χ1n) is 8.44. The molecule has 3 N–H and O–H groups in total. The molecule has 0 radical (unpaired) electrons. The molecule has 2 heterocycles. The lowest BCUT2D eigenvalue weighted by Crippen LogP contribution is -2.13. The van der Waals surface area contributed by atoms with Crippen molar-refractivity contribution in [3.8, 4) is 0 Å². The van der Waals surface area contributed by atoms with Crippen LogP contribution in [0.3, 0.4) is 0 Å². The van der Waals surface area contributed by atoms with Gasteiger partial charge in [-0.1, -0.05) is 17.8 Å². The number of thiophene rings is 1. The molecule has 3 rings (SSSR count). The maximum absolute atomic E-state index is 12.4. The smallest absolute Gasteiger partial charge is 0.348 e. The van der Waals surface area contributed by atoms with E-state index in [2.05, 4.69) is 21.0 Å². The molecule has 1 aromatic carbocycles. The first-order valence-corrected chi connectivity index (χ1v) is 10.2. The Balaban J connectivity index is 1.83. The molecule has 28 heavy (non-hydrogen) atoms. The number of aromatic nitrogens is 2. The first-order chi connectivity index (χ1) is 13.3. The minimum absolute atomic E-state index is 0.283. The zero-order valence-corrected chi connectivity index (χ0v) is 17.6. The van der Waals surface area contributed by atoms with Crippen LogP contribution in [0.1, 0.15) is 32.2 Å². The minimum atomic E-state index is -0.472. The number of nitrogens with zero attached hydrogens (tertiary/aromatic N) is 2. The van der Waals surface area contributed by atoms with E-state index in [0.29, 0.717) is 37.4 Å². The van der Waals surface area contributed by atoms with E-state index in [1.807, 2.05) is 26.0 Å². The number of esters is 1. The number of methoxy groups -OCH3 is 1. The van der Waals surface area contributed by atoms with Crippen LogP contribution in [-0.2, 0) is 10.5 Å². The van der Waals surface area contributed by atoms with Crippen molar-refractivity contribution >= 4 is 50.1 Å². The number of benzene rings is 1. The Labute approximate surface area is 170 Å². The SMILES string of the molecule is COC(=O)c1sc2nc(CSC(N)=Nc3cc(C)cc(C)c3)[nH]c(=O)c2c1C. The maximum atomic E-state index is 12.4. The molecule has 9 heteroatoms. The number of rotatable bonds is 4. The zero-order chi connectivity index (χ0) is 20.4. The van der Waals surface area contributed by atoms with E-state index in [-0.39, 0.29) is 5.56 Å². The number of amidine groups is 1. The van der Waals surface area contributed by atoms with Crippen LogP contribution in [0, 0.1) is 20.8 Å². The van der Waals surface area contributed by atoms with Crippen molar-refractivity contribution in [1.29, 1.82) is 0 Å². The van der Waals surface area contributed by atoms with Gasteiger partial charge in [0.15, 0.2) is 5.17 Å². The van der Waals surface area contributed by atoms with Crippen LogP contribution < -0.4 is 11.3 Å². The third kappa shape index (κ3) is 4.26. The fourth-order valence-corrected chi connectivity index (χ4v) is 4.57. The second kappa shape index (κ2) is 8.15. The Hall–Kier alpha value is -2.65. The predicted octanol–water partition coefficient (Wildman–Crippen LogP) is 3.58. The number of H-pyrrole nitrogens is 1. The largest absolute Gasteiger partial charge is 0.465 e. The summed E-state index contributed by atoms with van der Waals surface area (Å²) < 4.78 is 4.76. The third-order valence-corrected chi connectivity index (χ3v) is 5.99. The topological polar surface area (TPSA) is 110 Å². The molecule has 0 fully saturated rings. The lowest BCUT2D eigenvalue weighted by molar-refractivity contribution is 0.0605. The number of nitrogens with one attached hydrogen (secondary N) is 1. The van der Waals surface area contributed by atoms with Crippen LogP contribution in [0.2, 0.25) is 0 Å².